The number of nitrogens with zero attached hydrogens (tertiary/aromatic N) is 3. The second-order valence-electron chi connectivity index (χ2n) is 4.83. The van der Waals surface area contributed by atoms with E-state index < -0.39 is 46.1 Å². The summed E-state index contributed by atoms with van der Waals surface area (Å²) in [5, 5.41) is 24.2. The third-order valence-corrected chi connectivity index (χ3v) is 3.03. The molecular formula is C12H10F3N3O4. The number of aliphatic hydroxyl groups is 1. The van der Waals surface area contributed by atoms with Gasteiger partial charge in [-0.25, -0.2) is 0 Å². The number of halogens is 3. The van der Waals surface area contributed by atoms with E-state index >= 15 is 0 Å². The quantitative estimate of drug-likeness (QED) is 0.667. The highest BCUT2D eigenvalue weighted by Gasteiger charge is 2.50. The minimum absolute atomic E-state index is 0.220. The molecule has 0 bridgehead atoms. The van der Waals surface area contributed by atoms with Crippen molar-refractivity contribution in [3.63, 3.8) is 0 Å². The predicted molar refractivity (Wildman–Crippen MR) is 68.0 cm³/mol. The summed E-state index contributed by atoms with van der Waals surface area (Å²) in [6.45, 7) is 0.974. The summed E-state index contributed by atoms with van der Waals surface area (Å²) in [5.41, 5.74) is -4.59. The van der Waals surface area contributed by atoms with Gasteiger partial charge in [0.15, 0.2) is 5.72 Å². The van der Waals surface area contributed by atoms with Gasteiger partial charge in [-0.3, -0.25) is 14.9 Å². The predicted octanol–water partition coefficient (Wildman–Crippen LogP) is 2.07. The molecule has 0 fully saturated rings. The molecule has 1 aliphatic heterocycles. The van der Waals surface area contributed by atoms with E-state index in [0.717, 1.165) is 19.1 Å². The number of carbonyl (C=O) groups excluding carboxylic acids is 1. The van der Waals surface area contributed by atoms with E-state index in [-0.39, 0.29) is 5.01 Å². The lowest BCUT2D eigenvalue weighted by atomic mass is 10.1. The number of hydrogen-bond acceptors (Lipinski definition) is 5. The number of alkyl halides is 3. The van der Waals surface area contributed by atoms with Crippen LogP contribution in [0.25, 0.3) is 0 Å². The highest BCUT2D eigenvalue weighted by atomic mass is 19.4. The lowest BCUT2D eigenvalue weighted by molar-refractivity contribution is -0.385. The average Bonchev–Trinajstić information content (AvgIpc) is 2.73. The molecule has 1 amide bonds. The van der Waals surface area contributed by atoms with Crippen molar-refractivity contribution in [1.82, 2.24) is 5.01 Å². The monoisotopic (exact) mass is 317 g/mol. The molecule has 1 aromatic rings. The minimum atomic E-state index is -4.80. The molecule has 1 aliphatic rings. The van der Waals surface area contributed by atoms with Gasteiger partial charge >= 0.3 is 6.18 Å². The average molecular weight is 317 g/mol. The first-order valence-corrected chi connectivity index (χ1v) is 5.99. The summed E-state index contributed by atoms with van der Waals surface area (Å²) in [6, 6.07) is 4.74. The summed E-state index contributed by atoms with van der Waals surface area (Å²) in [5.74, 6) is -1.18. The number of para-hydroxylation sites is 1. The number of carbonyl (C=O) groups is 1. The van der Waals surface area contributed by atoms with Gasteiger partial charge in [0.1, 0.15) is 11.3 Å². The second kappa shape index (κ2) is 5.05. The van der Waals surface area contributed by atoms with Crippen molar-refractivity contribution in [1.29, 1.82) is 0 Å². The van der Waals surface area contributed by atoms with Crippen molar-refractivity contribution in [3.8, 4) is 0 Å². The van der Waals surface area contributed by atoms with Crippen LogP contribution < -0.4 is 0 Å². The molecule has 0 spiro atoms. The second-order valence-corrected chi connectivity index (χ2v) is 4.83. The van der Waals surface area contributed by atoms with Crippen LogP contribution in [0.2, 0.25) is 0 Å². The Bertz CT molecular complexity index is 670. The van der Waals surface area contributed by atoms with Crippen LogP contribution >= 0.6 is 0 Å². The maximum Gasteiger partial charge on any atom is 0.431 e. The molecule has 0 aromatic heterocycles. The van der Waals surface area contributed by atoms with Crippen molar-refractivity contribution in [2.75, 3.05) is 0 Å². The van der Waals surface area contributed by atoms with Crippen LogP contribution in [0.5, 0.6) is 0 Å². The van der Waals surface area contributed by atoms with E-state index in [0.29, 0.717) is 0 Å². The first kappa shape index (κ1) is 15.9. The fourth-order valence-electron chi connectivity index (χ4n) is 2.00. The summed E-state index contributed by atoms with van der Waals surface area (Å²) < 4.78 is 38.0. The van der Waals surface area contributed by atoms with Gasteiger partial charge in [0.2, 0.25) is 0 Å². The van der Waals surface area contributed by atoms with Gasteiger partial charge in [-0.15, -0.1) is 0 Å². The van der Waals surface area contributed by atoms with Crippen molar-refractivity contribution >= 4 is 17.3 Å². The molecular weight excluding hydrogens is 307 g/mol. The van der Waals surface area contributed by atoms with E-state index in [2.05, 4.69) is 5.10 Å². The Morgan fingerprint density at radius 3 is 2.55 bits per heavy atom. The molecule has 0 radical (unpaired) electrons. The molecule has 1 atom stereocenters. The Balaban J connectivity index is 2.45. The molecule has 1 aromatic carbocycles. The first-order chi connectivity index (χ1) is 10.0. The summed E-state index contributed by atoms with van der Waals surface area (Å²) in [6.07, 6.45) is -5.72. The van der Waals surface area contributed by atoms with Gasteiger partial charge in [0.25, 0.3) is 11.6 Å². The number of nitro benzene ring substituents is 1. The fraction of sp³-hybridized carbons (Fsp3) is 0.333. The number of nitro groups is 1. The molecule has 1 heterocycles. The smallest absolute Gasteiger partial charge is 0.369 e. The highest BCUT2D eigenvalue weighted by molar-refractivity contribution is 6.01. The van der Waals surface area contributed by atoms with E-state index in [1.54, 1.807) is 0 Å². The number of benzene rings is 1. The van der Waals surface area contributed by atoms with Gasteiger partial charge in [-0.2, -0.15) is 23.3 Å². The van der Waals surface area contributed by atoms with Gasteiger partial charge in [-0.1, -0.05) is 12.1 Å². The maximum absolute atomic E-state index is 12.7. The van der Waals surface area contributed by atoms with Crippen LogP contribution in [-0.2, 0) is 0 Å². The molecule has 10 heteroatoms. The molecule has 0 aliphatic carbocycles. The Kier molecular flexibility index (Phi) is 3.65. The molecule has 22 heavy (non-hydrogen) atoms. The van der Waals surface area contributed by atoms with Crippen LogP contribution in [0.4, 0.5) is 18.9 Å². The van der Waals surface area contributed by atoms with Crippen LogP contribution in [0.3, 0.4) is 0 Å². The minimum Gasteiger partial charge on any atom is -0.369 e. The van der Waals surface area contributed by atoms with Gasteiger partial charge < -0.3 is 5.11 Å². The van der Waals surface area contributed by atoms with E-state index in [4.69, 9.17) is 0 Å². The largest absolute Gasteiger partial charge is 0.431 e. The lowest BCUT2D eigenvalue weighted by Gasteiger charge is -2.26. The molecule has 2 rings (SSSR count). The first-order valence-electron chi connectivity index (χ1n) is 5.99. The van der Waals surface area contributed by atoms with Crippen molar-refractivity contribution < 1.29 is 28.0 Å². The van der Waals surface area contributed by atoms with Crippen LogP contribution in [0.1, 0.15) is 23.7 Å². The van der Waals surface area contributed by atoms with Crippen molar-refractivity contribution in [3.05, 3.63) is 39.9 Å². The van der Waals surface area contributed by atoms with Crippen molar-refractivity contribution in [2.24, 2.45) is 5.10 Å². The summed E-state index contributed by atoms with van der Waals surface area (Å²) in [4.78, 5) is 22.3. The maximum atomic E-state index is 12.7. The van der Waals surface area contributed by atoms with E-state index in [1.807, 2.05) is 0 Å². The molecule has 0 saturated heterocycles. The molecule has 1 unspecified atom stereocenters. The van der Waals surface area contributed by atoms with E-state index in [1.165, 1.54) is 12.1 Å². The zero-order valence-electron chi connectivity index (χ0n) is 11.2. The van der Waals surface area contributed by atoms with Crippen molar-refractivity contribution in [2.45, 2.75) is 25.2 Å². The zero-order valence-corrected chi connectivity index (χ0v) is 11.2. The van der Waals surface area contributed by atoms with Crippen LogP contribution in [0.15, 0.2) is 29.4 Å². The zero-order chi connectivity index (χ0) is 16.7. The molecule has 1 N–H and O–H groups in total. The number of rotatable bonds is 2. The third kappa shape index (κ3) is 2.77. The van der Waals surface area contributed by atoms with Gasteiger partial charge in [0.05, 0.1) is 4.92 Å². The molecule has 118 valence electrons. The third-order valence-electron chi connectivity index (χ3n) is 3.03. The van der Waals surface area contributed by atoms with Crippen LogP contribution in [-0.4, -0.2) is 38.6 Å². The van der Waals surface area contributed by atoms with Gasteiger partial charge in [-0.05, 0) is 13.0 Å². The topological polar surface area (TPSA) is 96.0 Å². The standard InChI is InChI=1S/C12H10F3N3O4/c1-11(20)6-9(12(13,14)15)16-17(11)10(19)7-4-2-3-5-8(7)18(21)22/h2-5,20H,6H2,1H3. The Labute approximate surface area is 121 Å². The Morgan fingerprint density at radius 1 is 1.45 bits per heavy atom. The van der Waals surface area contributed by atoms with E-state index in [9.17, 15) is 33.2 Å². The van der Waals surface area contributed by atoms with Crippen LogP contribution in [0, 0.1) is 10.1 Å². The normalized spacial score (nSPS) is 21.7. The molecule has 0 saturated carbocycles. The lowest BCUT2D eigenvalue weighted by Crippen LogP contribution is -2.43. The Morgan fingerprint density at radius 2 is 2.05 bits per heavy atom. The summed E-state index contributed by atoms with van der Waals surface area (Å²) in [7, 11) is 0. The SMILES string of the molecule is CC1(O)CC(C(F)(F)F)=NN1C(=O)c1ccccc1[N+](=O)[O-]. The fourth-order valence-corrected chi connectivity index (χ4v) is 2.00. The molecule has 7 nitrogen and oxygen atoms in total. The number of hydrazone groups is 1. The summed E-state index contributed by atoms with van der Waals surface area (Å²) >= 11 is 0. The highest BCUT2D eigenvalue weighted by Crippen LogP contribution is 2.34. The Hall–Kier alpha value is -2.49. The number of amides is 1. The van der Waals surface area contributed by atoms with Gasteiger partial charge in [0, 0.05) is 12.5 Å². The number of hydrogen-bond donors (Lipinski definition) is 1.